The zero-order valence-corrected chi connectivity index (χ0v) is 18.5. The van der Waals surface area contributed by atoms with Gasteiger partial charge in [-0.3, -0.25) is 19.9 Å². The van der Waals surface area contributed by atoms with E-state index in [4.69, 9.17) is 11.6 Å². The van der Waals surface area contributed by atoms with Crippen LogP contribution in [0.15, 0.2) is 51.9 Å². The third-order valence-corrected chi connectivity index (χ3v) is 6.25. The summed E-state index contributed by atoms with van der Waals surface area (Å²) >= 11 is 10.3. The van der Waals surface area contributed by atoms with Gasteiger partial charge >= 0.3 is 0 Å². The molecule has 1 fully saturated rings. The molecule has 2 aliphatic heterocycles. The predicted molar refractivity (Wildman–Crippen MR) is 120 cm³/mol. The number of nitrogens with one attached hydrogen (secondary N) is 3. The Morgan fingerprint density at radius 3 is 2.83 bits per heavy atom. The molecule has 2 atom stereocenters. The summed E-state index contributed by atoms with van der Waals surface area (Å²) < 4.78 is 14.5. The number of amides is 2. The van der Waals surface area contributed by atoms with Crippen LogP contribution in [0.25, 0.3) is 0 Å². The largest absolute Gasteiger partial charge is 0.323 e. The van der Waals surface area contributed by atoms with Crippen LogP contribution >= 0.6 is 39.3 Å². The van der Waals surface area contributed by atoms with Gasteiger partial charge in [0.05, 0.1) is 23.0 Å². The molecule has 2 amide bonds. The number of carbonyl (C=O) groups excluding carboxylic acids is 2. The summed E-state index contributed by atoms with van der Waals surface area (Å²) in [6.45, 7) is 0.457. The molecule has 2 aliphatic rings. The lowest BCUT2D eigenvalue weighted by Crippen LogP contribution is -2.49. The van der Waals surface area contributed by atoms with Crippen molar-refractivity contribution in [1.82, 2.24) is 10.9 Å². The maximum Gasteiger partial charge on any atom is 0.241 e. The van der Waals surface area contributed by atoms with Gasteiger partial charge in [0.2, 0.25) is 11.8 Å². The molecule has 0 spiro atoms. The molecule has 3 N–H and O–H groups in total. The minimum Gasteiger partial charge on any atom is -0.323 e. The summed E-state index contributed by atoms with van der Waals surface area (Å²) in [5.74, 6) is -1.48. The Bertz CT molecular complexity index is 1020. The van der Waals surface area contributed by atoms with Gasteiger partial charge in [0.1, 0.15) is 12.0 Å². The summed E-state index contributed by atoms with van der Waals surface area (Å²) in [6, 6.07) is 11.2. The van der Waals surface area contributed by atoms with Crippen LogP contribution in [0, 0.1) is 11.7 Å². The fourth-order valence-corrected chi connectivity index (χ4v) is 4.41. The number of benzene rings is 2. The lowest BCUT2D eigenvalue weighted by Gasteiger charge is -2.32. The smallest absolute Gasteiger partial charge is 0.241 e. The lowest BCUT2D eigenvalue weighted by molar-refractivity contribution is -0.121. The van der Waals surface area contributed by atoms with E-state index in [9.17, 15) is 14.0 Å². The van der Waals surface area contributed by atoms with Crippen molar-refractivity contribution < 1.29 is 14.0 Å². The van der Waals surface area contributed by atoms with Crippen molar-refractivity contribution in [2.45, 2.75) is 6.17 Å². The van der Waals surface area contributed by atoms with Crippen molar-refractivity contribution in [3.05, 3.63) is 57.8 Å². The molecule has 30 heavy (non-hydrogen) atoms. The summed E-state index contributed by atoms with van der Waals surface area (Å²) in [4.78, 5) is 31.5. The van der Waals surface area contributed by atoms with Crippen LogP contribution in [0.2, 0.25) is 5.02 Å². The maximum absolute atomic E-state index is 14.0. The number of aliphatic imine (C=N–C) groups is 1. The summed E-state index contributed by atoms with van der Waals surface area (Å²) in [5.41, 5.74) is 6.61. The van der Waals surface area contributed by atoms with Crippen molar-refractivity contribution >= 4 is 67.6 Å². The number of hydrazine groups is 1. The van der Waals surface area contributed by atoms with Crippen molar-refractivity contribution in [3.8, 4) is 0 Å². The molecule has 2 unspecified atom stereocenters. The number of halogens is 3. The zero-order chi connectivity index (χ0) is 21.3. The second-order valence-corrected chi connectivity index (χ2v) is 8.89. The molecular formula is C19H16BrClFN5O2S. The highest BCUT2D eigenvalue weighted by Gasteiger charge is 2.42. The molecule has 2 heterocycles. The Labute approximate surface area is 189 Å². The normalized spacial score (nSPS) is 20.7. The summed E-state index contributed by atoms with van der Waals surface area (Å²) in [6.07, 6.45) is -0.407. The standard InChI is InChI=1S/C19H16BrClFN5O2S/c20-10-1-6-15(14(22)7-10)24-16(28)9-30-19-25-17-13(8-23-26-17)18(29)27(19)12-4-2-11(21)3-5-12/h1-7,13,17,23,26H,8-9H2,(H,24,28). The molecule has 1 saturated heterocycles. The number of nitrogens with zero attached hydrogens (tertiary/aromatic N) is 2. The monoisotopic (exact) mass is 511 g/mol. The van der Waals surface area contributed by atoms with Crippen LogP contribution in [0.3, 0.4) is 0 Å². The third-order valence-electron chi connectivity index (χ3n) is 4.55. The number of thioether (sulfide) groups is 1. The average Bonchev–Trinajstić information content (AvgIpc) is 3.19. The first-order valence-corrected chi connectivity index (χ1v) is 11.1. The van der Waals surface area contributed by atoms with E-state index < -0.39 is 17.9 Å². The molecule has 7 nitrogen and oxygen atoms in total. The van der Waals surface area contributed by atoms with Crippen LogP contribution < -0.4 is 21.1 Å². The Morgan fingerprint density at radius 2 is 2.10 bits per heavy atom. The molecule has 0 saturated carbocycles. The first-order valence-electron chi connectivity index (χ1n) is 8.96. The topological polar surface area (TPSA) is 85.8 Å². The van der Waals surface area contributed by atoms with Crippen LogP contribution in [0.1, 0.15) is 0 Å². The summed E-state index contributed by atoms with van der Waals surface area (Å²) in [7, 11) is 0. The van der Waals surface area contributed by atoms with Gasteiger partial charge in [0.25, 0.3) is 0 Å². The van der Waals surface area contributed by atoms with Gasteiger partial charge in [0.15, 0.2) is 5.17 Å². The van der Waals surface area contributed by atoms with E-state index in [-0.39, 0.29) is 23.3 Å². The zero-order valence-electron chi connectivity index (χ0n) is 15.4. The minimum atomic E-state index is -0.542. The van der Waals surface area contributed by atoms with Crippen LogP contribution in [-0.4, -0.2) is 35.4 Å². The van der Waals surface area contributed by atoms with E-state index in [0.717, 1.165) is 11.8 Å². The van der Waals surface area contributed by atoms with Gasteiger partial charge in [-0.2, -0.15) is 0 Å². The van der Waals surface area contributed by atoms with E-state index in [1.54, 1.807) is 30.3 Å². The number of hydrogen-bond donors (Lipinski definition) is 3. The third kappa shape index (κ3) is 4.52. The molecule has 156 valence electrons. The Morgan fingerprint density at radius 1 is 1.33 bits per heavy atom. The van der Waals surface area contributed by atoms with Crippen molar-refractivity contribution in [2.24, 2.45) is 10.9 Å². The SMILES string of the molecule is O=C(CSC1=NC2NNCC2C(=O)N1c1ccc(Cl)cc1)Nc1ccc(Br)cc1F. The Balaban J connectivity index is 1.51. The average molecular weight is 513 g/mol. The molecule has 0 aliphatic carbocycles. The molecular weight excluding hydrogens is 497 g/mol. The van der Waals surface area contributed by atoms with Gasteiger partial charge in [-0.1, -0.05) is 39.3 Å². The van der Waals surface area contributed by atoms with Crippen LogP contribution in [0.5, 0.6) is 0 Å². The molecule has 11 heteroatoms. The van der Waals surface area contributed by atoms with E-state index in [0.29, 0.717) is 26.9 Å². The van der Waals surface area contributed by atoms with Gasteiger partial charge in [-0.05, 0) is 42.5 Å². The molecule has 4 rings (SSSR count). The first-order chi connectivity index (χ1) is 14.4. The number of rotatable bonds is 4. The minimum absolute atomic E-state index is 0.0451. The molecule has 2 aromatic carbocycles. The van der Waals surface area contributed by atoms with Gasteiger partial charge < -0.3 is 5.32 Å². The number of fused-ring (bicyclic) bond motifs is 1. The van der Waals surface area contributed by atoms with Crippen LogP contribution in [-0.2, 0) is 9.59 Å². The lowest BCUT2D eigenvalue weighted by atomic mass is 10.0. The van der Waals surface area contributed by atoms with Crippen LogP contribution in [0.4, 0.5) is 15.8 Å². The second-order valence-electron chi connectivity index (χ2n) is 6.60. The number of carbonyl (C=O) groups is 2. The van der Waals surface area contributed by atoms with Gasteiger partial charge in [-0.15, -0.1) is 0 Å². The first kappa shape index (κ1) is 21.3. The molecule has 0 radical (unpaired) electrons. The van der Waals surface area contributed by atoms with E-state index in [1.807, 2.05) is 0 Å². The molecule has 2 aromatic rings. The van der Waals surface area contributed by atoms with E-state index in [2.05, 4.69) is 37.1 Å². The quantitative estimate of drug-likeness (QED) is 0.585. The maximum atomic E-state index is 14.0. The number of anilines is 2. The highest BCUT2D eigenvalue weighted by Crippen LogP contribution is 2.30. The highest BCUT2D eigenvalue weighted by molar-refractivity contribution is 9.10. The fraction of sp³-hybridized carbons (Fsp3) is 0.211. The van der Waals surface area contributed by atoms with Gasteiger partial charge in [0, 0.05) is 16.0 Å². The van der Waals surface area contributed by atoms with E-state index >= 15 is 0 Å². The van der Waals surface area contributed by atoms with E-state index in [1.165, 1.54) is 17.0 Å². The molecule has 0 bridgehead atoms. The predicted octanol–water partition coefficient (Wildman–Crippen LogP) is 3.37. The second kappa shape index (κ2) is 9.03. The van der Waals surface area contributed by atoms with Crippen molar-refractivity contribution in [3.63, 3.8) is 0 Å². The Kier molecular flexibility index (Phi) is 6.40. The van der Waals surface area contributed by atoms with Gasteiger partial charge in [-0.25, -0.2) is 14.8 Å². The Hall–Kier alpha value is -1.98. The number of amidine groups is 1. The van der Waals surface area contributed by atoms with Crippen molar-refractivity contribution in [2.75, 3.05) is 22.5 Å². The highest BCUT2D eigenvalue weighted by atomic mass is 79.9. The summed E-state index contributed by atoms with van der Waals surface area (Å²) in [5, 5.41) is 3.47. The molecule has 0 aromatic heterocycles. The van der Waals surface area contributed by atoms with Crippen molar-refractivity contribution in [1.29, 1.82) is 0 Å². The number of hydrogen-bond acceptors (Lipinski definition) is 6. The fourth-order valence-electron chi connectivity index (χ4n) is 3.10.